The van der Waals surface area contributed by atoms with Gasteiger partial charge in [-0.3, -0.25) is 4.79 Å². The van der Waals surface area contributed by atoms with E-state index in [-0.39, 0.29) is 41.4 Å². The Hall–Kier alpha value is -1.93. The lowest BCUT2D eigenvalue weighted by atomic mass is 9.94. The molecule has 2 aliphatic heterocycles. The number of benzene rings is 1. The second-order valence-electron chi connectivity index (χ2n) is 7.36. The van der Waals surface area contributed by atoms with E-state index in [1.54, 1.807) is 0 Å². The van der Waals surface area contributed by atoms with Crippen LogP contribution in [-0.2, 0) is 14.8 Å². The summed E-state index contributed by atoms with van der Waals surface area (Å²) < 4.78 is 27.1. The maximum atomic E-state index is 12.9. The summed E-state index contributed by atoms with van der Waals surface area (Å²) in [5.74, 6) is -1.30. The molecule has 1 atom stereocenters. The summed E-state index contributed by atoms with van der Waals surface area (Å²) in [4.78, 5) is 25.9. The summed E-state index contributed by atoms with van der Waals surface area (Å²) in [5.41, 5.74) is -0.224. The Balaban J connectivity index is 1.70. The summed E-state index contributed by atoms with van der Waals surface area (Å²) in [6.45, 7) is 3.31. The summed E-state index contributed by atoms with van der Waals surface area (Å²) in [6, 6.07) is 5.89. The van der Waals surface area contributed by atoms with E-state index in [4.69, 9.17) is 0 Å². The SMILES string of the molecule is CC1CCCCN1C(=O)C1CCN(S(=O)(=O)c2ccccc2C(=O)O)CC1. The Morgan fingerprint density at radius 1 is 1.04 bits per heavy atom. The average molecular weight is 394 g/mol. The zero-order valence-electron chi connectivity index (χ0n) is 15.5. The highest BCUT2D eigenvalue weighted by atomic mass is 32.2. The number of nitrogens with zero attached hydrogens (tertiary/aromatic N) is 2. The molecule has 1 unspecified atom stereocenters. The molecular formula is C19H26N2O5S. The molecule has 0 bridgehead atoms. The van der Waals surface area contributed by atoms with Crippen LogP contribution in [0.3, 0.4) is 0 Å². The normalized spacial score (nSPS) is 22.6. The first-order valence-corrected chi connectivity index (χ1v) is 10.9. The minimum absolute atomic E-state index is 0.130. The third-order valence-corrected chi connectivity index (χ3v) is 7.58. The third kappa shape index (κ3) is 4.01. The van der Waals surface area contributed by atoms with Crippen molar-refractivity contribution in [3.63, 3.8) is 0 Å². The van der Waals surface area contributed by atoms with Gasteiger partial charge < -0.3 is 10.0 Å². The molecule has 2 fully saturated rings. The number of amides is 1. The largest absolute Gasteiger partial charge is 0.478 e. The molecule has 1 aromatic carbocycles. The molecule has 0 spiro atoms. The number of rotatable bonds is 4. The number of carboxylic acid groups (broad SMARTS) is 1. The highest BCUT2D eigenvalue weighted by Crippen LogP contribution is 2.28. The van der Waals surface area contributed by atoms with Crippen molar-refractivity contribution in [3.05, 3.63) is 29.8 Å². The molecule has 0 radical (unpaired) electrons. The molecule has 2 saturated heterocycles. The van der Waals surface area contributed by atoms with Crippen LogP contribution in [0.5, 0.6) is 0 Å². The first-order valence-electron chi connectivity index (χ1n) is 9.45. The van der Waals surface area contributed by atoms with Gasteiger partial charge in [0, 0.05) is 31.6 Å². The Kier molecular flexibility index (Phi) is 5.86. The summed E-state index contributed by atoms with van der Waals surface area (Å²) >= 11 is 0. The lowest BCUT2D eigenvalue weighted by Crippen LogP contribution is -2.48. The molecular weight excluding hydrogens is 368 g/mol. The monoisotopic (exact) mass is 394 g/mol. The van der Waals surface area contributed by atoms with Gasteiger partial charge in [-0.25, -0.2) is 13.2 Å². The summed E-state index contributed by atoms with van der Waals surface area (Å²) in [7, 11) is -3.89. The molecule has 2 aliphatic rings. The van der Waals surface area contributed by atoms with Crippen LogP contribution in [0.1, 0.15) is 49.4 Å². The molecule has 0 saturated carbocycles. The zero-order valence-corrected chi connectivity index (χ0v) is 16.3. The predicted molar refractivity (Wildman–Crippen MR) is 99.9 cm³/mol. The van der Waals surface area contributed by atoms with Crippen LogP contribution < -0.4 is 0 Å². The molecule has 148 valence electrons. The molecule has 27 heavy (non-hydrogen) atoms. The number of carbonyl (C=O) groups excluding carboxylic acids is 1. The van der Waals surface area contributed by atoms with Crippen LogP contribution in [0.25, 0.3) is 0 Å². The first kappa shape index (κ1) is 19.8. The summed E-state index contributed by atoms with van der Waals surface area (Å²) in [5, 5.41) is 9.28. The standard InChI is InChI=1S/C19H26N2O5S/c1-14-6-4-5-11-21(14)18(22)15-9-12-20(13-10-15)27(25,26)17-8-3-2-7-16(17)19(23)24/h2-3,7-8,14-15H,4-6,9-13H2,1H3,(H,23,24). The van der Waals surface area contributed by atoms with Gasteiger partial charge in [-0.15, -0.1) is 0 Å². The number of piperidine rings is 2. The number of carboxylic acids is 1. The highest BCUT2D eigenvalue weighted by molar-refractivity contribution is 7.89. The second-order valence-corrected chi connectivity index (χ2v) is 9.26. The Bertz CT molecular complexity index is 815. The number of carbonyl (C=O) groups is 2. The number of likely N-dealkylation sites (tertiary alicyclic amines) is 1. The van der Waals surface area contributed by atoms with Gasteiger partial charge in [0.25, 0.3) is 0 Å². The van der Waals surface area contributed by atoms with Gasteiger partial charge in [0.1, 0.15) is 0 Å². The van der Waals surface area contributed by atoms with Gasteiger partial charge in [0.15, 0.2) is 0 Å². The maximum absolute atomic E-state index is 12.9. The number of hydrogen-bond acceptors (Lipinski definition) is 4. The molecule has 1 aromatic rings. The van der Waals surface area contributed by atoms with E-state index in [9.17, 15) is 23.1 Å². The fraction of sp³-hybridized carbons (Fsp3) is 0.579. The van der Waals surface area contributed by atoms with E-state index in [1.807, 2.05) is 4.90 Å². The van der Waals surface area contributed by atoms with E-state index in [0.29, 0.717) is 12.8 Å². The fourth-order valence-corrected chi connectivity index (χ4v) is 5.66. The summed E-state index contributed by atoms with van der Waals surface area (Å²) in [6.07, 6.45) is 4.12. The van der Waals surface area contributed by atoms with E-state index >= 15 is 0 Å². The molecule has 1 N–H and O–H groups in total. The van der Waals surface area contributed by atoms with Gasteiger partial charge in [-0.05, 0) is 51.2 Å². The molecule has 2 heterocycles. The van der Waals surface area contributed by atoms with E-state index in [2.05, 4.69) is 6.92 Å². The Morgan fingerprint density at radius 3 is 2.33 bits per heavy atom. The molecule has 8 heteroatoms. The van der Waals surface area contributed by atoms with Gasteiger partial charge >= 0.3 is 5.97 Å². The van der Waals surface area contributed by atoms with Crippen molar-refractivity contribution in [1.82, 2.24) is 9.21 Å². The number of sulfonamides is 1. The zero-order chi connectivity index (χ0) is 19.6. The predicted octanol–water partition coefficient (Wildman–Crippen LogP) is 2.19. The maximum Gasteiger partial charge on any atom is 0.337 e. The van der Waals surface area contributed by atoms with Crippen LogP contribution in [0.4, 0.5) is 0 Å². The smallest absolute Gasteiger partial charge is 0.337 e. The molecule has 3 rings (SSSR count). The van der Waals surface area contributed by atoms with Gasteiger partial charge in [-0.1, -0.05) is 12.1 Å². The van der Waals surface area contributed by atoms with Crippen LogP contribution >= 0.6 is 0 Å². The van der Waals surface area contributed by atoms with Crippen LogP contribution in [0, 0.1) is 5.92 Å². The van der Waals surface area contributed by atoms with Crippen molar-refractivity contribution in [1.29, 1.82) is 0 Å². The van der Waals surface area contributed by atoms with E-state index in [1.165, 1.54) is 28.6 Å². The van der Waals surface area contributed by atoms with Crippen molar-refractivity contribution < 1.29 is 23.1 Å². The molecule has 0 aliphatic carbocycles. The van der Waals surface area contributed by atoms with Gasteiger partial charge in [0.2, 0.25) is 15.9 Å². The quantitative estimate of drug-likeness (QED) is 0.845. The van der Waals surface area contributed by atoms with E-state index < -0.39 is 16.0 Å². The molecule has 0 aromatic heterocycles. The Labute approximate surface area is 160 Å². The minimum atomic E-state index is -3.89. The second kappa shape index (κ2) is 7.98. The lowest BCUT2D eigenvalue weighted by molar-refractivity contribution is -0.140. The first-order chi connectivity index (χ1) is 12.8. The van der Waals surface area contributed by atoms with Crippen LogP contribution in [0.2, 0.25) is 0 Å². The van der Waals surface area contributed by atoms with Crippen molar-refractivity contribution in [2.45, 2.75) is 50.0 Å². The lowest BCUT2D eigenvalue weighted by Gasteiger charge is -2.38. The van der Waals surface area contributed by atoms with Crippen LogP contribution in [0.15, 0.2) is 29.2 Å². The fourth-order valence-electron chi connectivity index (χ4n) is 4.01. The third-order valence-electron chi connectivity index (χ3n) is 5.62. The Morgan fingerprint density at radius 2 is 1.70 bits per heavy atom. The van der Waals surface area contributed by atoms with Crippen molar-refractivity contribution in [2.75, 3.05) is 19.6 Å². The van der Waals surface area contributed by atoms with Crippen molar-refractivity contribution >= 4 is 21.9 Å². The van der Waals surface area contributed by atoms with E-state index in [0.717, 1.165) is 25.8 Å². The molecule has 1 amide bonds. The van der Waals surface area contributed by atoms with Crippen molar-refractivity contribution in [2.24, 2.45) is 5.92 Å². The average Bonchev–Trinajstić information content (AvgIpc) is 2.68. The van der Waals surface area contributed by atoms with Crippen molar-refractivity contribution in [3.8, 4) is 0 Å². The van der Waals surface area contributed by atoms with Crippen LogP contribution in [-0.4, -0.2) is 60.3 Å². The van der Waals surface area contributed by atoms with Gasteiger partial charge in [-0.2, -0.15) is 4.31 Å². The topological polar surface area (TPSA) is 95.0 Å². The molecule has 7 nitrogen and oxygen atoms in total. The van der Waals surface area contributed by atoms with Gasteiger partial charge in [0.05, 0.1) is 10.5 Å². The highest BCUT2D eigenvalue weighted by Gasteiger charge is 2.36. The number of hydrogen-bond donors (Lipinski definition) is 1. The minimum Gasteiger partial charge on any atom is -0.478 e. The number of aromatic carboxylic acids is 1.